The van der Waals surface area contributed by atoms with Gasteiger partial charge in [0.05, 0.1) is 0 Å². The van der Waals surface area contributed by atoms with Crippen LogP contribution in [-0.2, 0) is 13.0 Å². The molecule has 0 saturated heterocycles. The third-order valence-corrected chi connectivity index (χ3v) is 3.19. The number of hydrogen-bond donors (Lipinski definition) is 2. The lowest BCUT2D eigenvalue weighted by atomic mass is 9.92. The fourth-order valence-corrected chi connectivity index (χ4v) is 2.31. The first kappa shape index (κ1) is 10.7. The highest BCUT2D eigenvalue weighted by molar-refractivity contribution is 5.29. The van der Waals surface area contributed by atoms with Gasteiger partial charge in [0.15, 0.2) is 0 Å². The smallest absolute Gasteiger partial charge is 0.0473 e. The zero-order valence-corrected chi connectivity index (χ0v) is 9.32. The Bertz CT molecular complexity index is 332. The molecular weight excluding hydrogens is 188 g/mol. The van der Waals surface area contributed by atoms with E-state index in [1.807, 2.05) is 0 Å². The number of aromatic nitrogens is 1. The van der Waals surface area contributed by atoms with Crippen LogP contribution >= 0.6 is 0 Å². The van der Waals surface area contributed by atoms with Crippen LogP contribution in [0.15, 0.2) is 12.4 Å². The lowest BCUT2D eigenvalue weighted by molar-refractivity contribution is 0.223. The summed E-state index contributed by atoms with van der Waals surface area (Å²) in [5.74, 6) is 0.315. The van der Waals surface area contributed by atoms with Crippen LogP contribution < -0.4 is 5.73 Å². The molecule has 1 aliphatic rings. The normalized spacial score (nSPS) is 22.5. The van der Waals surface area contributed by atoms with E-state index in [-0.39, 0.29) is 12.6 Å². The highest BCUT2D eigenvalue weighted by Crippen LogP contribution is 2.28. The SMILES string of the molecule is CC(CO)Cn1cc2c(c1)C(N)CCC2. The molecule has 0 spiro atoms. The summed E-state index contributed by atoms with van der Waals surface area (Å²) in [6.45, 7) is 3.18. The molecule has 0 aliphatic heterocycles. The number of nitrogens with zero attached hydrogens (tertiary/aromatic N) is 1. The molecule has 2 rings (SSSR count). The molecular formula is C12H20N2O. The van der Waals surface area contributed by atoms with Gasteiger partial charge in [-0.25, -0.2) is 0 Å². The Hall–Kier alpha value is -0.800. The second kappa shape index (κ2) is 4.37. The number of aryl methyl sites for hydroxylation is 1. The largest absolute Gasteiger partial charge is 0.396 e. The fourth-order valence-electron chi connectivity index (χ4n) is 2.31. The van der Waals surface area contributed by atoms with Gasteiger partial charge in [-0.05, 0) is 36.3 Å². The van der Waals surface area contributed by atoms with Gasteiger partial charge >= 0.3 is 0 Å². The molecule has 1 aromatic heterocycles. The highest BCUT2D eigenvalue weighted by Gasteiger charge is 2.18. The summed E-state index contributed by atoms with van der Waals surface area (Å²) in [5.41, 5.74) is 8.77. The summed E-state index contributed by atoms with van der Waals surface area (Å²) in [4.78, 5) is 0. The lowest BCUT2D eigenvalue weighted by Crippen LogP contribution is -2.15. The second-order valence-electron chi connectivity index (χ2n) is 4.72. The molecule has 15 heavy (non-hydrogen) atoms. The van der Waals surface area contributed by atoms with Crippen LogP contribution in [0, 0.1) is 5.92 Å². The van der Waals surface area contributed by atoms with Crippen molar-refractivity contribution in [2.45, 2.75) is 38.8 Å². The molecule has 0 amide bonds. The van der Waals surface area contributed by atoms with Crippen LogP contribution in [0.1, 0.15) is 36.9 Å². The predicted molar refractivity (Wildman–Crippen MR) is 60.5 cm³/mol. The molecule has 3 N–H and O–H groups in total. The molecule has 0 aromatic carbocycles. The maximum atomic E-state index is 9.01. The molecule has 0 bridgehead atoms. The standard InChI is InChI=1S/C12H20N2O/c1-9(8-15)5-14-6-10-3-2-4-12(13)11(10)7-14/h6-7,9,12,15H,2-5,8,13H2,1H3. The Morgan fingerprint density at radius 3 is 3.07 bits per heavy atom. The molecule has 84 valence electrons. The Morgan fingerprint density at radius 2 is 2.40 bits per heavy atom. The molecule has 2 atom stereocenters. The third-order valence-electron chi connectivity index (χ3n) is 3.19. The molecule has 1 aromatic rings. The van der Waals surface area contributed by atoms with Crippen LogP contribution in [0.5, 0.6) is 0 Å². The minimum absolute atomic E-state index is 0.222. The van der Waals surface area contributed by atoms with E-state index >= 15 is 0 Å². The molecule has 1 heterocycles. The molecule has 0 fully saturated rings. The summed E-state index contributed by atoms with van der Waals surface area (Å²) in [7, 11) is 0. The van der Waals surface area contributed by atoms with E-state index in [9.17, 15) is 0 Å². The van der Waals surface area contributed by atoms with Crippen molar-refractivity contribution in [2.75, 3.05) is 6.61 Å². The average Bonchev–Trinajstić information content (AvgIpc) is 2.62. The van der Waals surface area contributed by atoms with Crippen molar-refractivity contribution in [3.05, 3.63) is 23.5 Å². The van der Waals surface area contributed by atoms with E-state index in [1.54, 1.807) is 0 Å². The van der Waals surface area contributed by atoms with E-state index in [1.165, 1.54) is 17.5 Å². The van der Waals surface area contributed by atoms with Gasteiger partial charge in [0.2, 0.25) is 0 Å². The molecule has 3 nitrogen and oxygen atoms in total. The van der Waals surface area contributed by atoms with E-state index in [2.05, 4.69) is 23.9 Å². The van der Waals surface area contributed by atoms with Gasteiger partial charge in [0, 0.05) is 31.6 Å². The van der Waals surface area contributed by atoms with Crippen LogP contribution in [0.2, 0.25) is 0 Å². The Kier molecular flexibility index (Phi) is 3.12. The second-order valence-corrected chi connectivity index (χ2v) is 4.72. The van der Waals surface area contributed by atoms with Gasteiger partial charge in [-0.1, -0.05) is 6.92 Å². The van der Waals surface area contributed by atoms with Crippen LogP contribution in [0.4, 0.5) is 0 Å². The summed E-state index contributed by atoms with van der Waals surface area (Å²) in [6, 6.07) is 0.222. The number of fused-ring (bicyclic) bond motifs is 1. The van der Waals surface area contributed by atoms with Crippen molar-refractivity contribution in [3.63, 3.8) is 0 Å². The molecule has 1 aliphatic carbocycles. The number of rotatable bonds is 3. The molecule has 0 radical (unpaired) electrons. The van der Waals surface area contributed by atoms with Crippen molar-refractivity contribution in [2.24, 2.45) is 11.7 Å². The van der Waals surface area contributed by atoms with Crippen molar-refractivity contribution >= 4 is 0 Å². The quantitative estimate of drug-likeness (QED) is 0.790. The zero-order valence-electron chi connectivity index (χ0n) is 9.32. The van der Waals surface area contributed by atoms with Gasteiger partial charge in [0.25, 0.3) is 0 Å². The topological polar surface area (TPSA) is 51.2 Å². The molecule has 0 saturated carbocycles. The Balaban J connectivity index is 2.14. The van der Waals surface area contributed by atoms with Crippen LogP contribution in [0.25, 0.3) is 0 Å². The Labute approximate surface area is 90.9 Å². The number of aliphatic hydroxyl groups is 1. The first-order valence-electron chi connectivity index (χ1n) is 5.75. The maximum Gasteiger partial charge on any atom is 0.0473 e. The van der Waals surface area contributed by atoms with E-state index < -0.39 is 0 Å². The molecule has 2 unspecified atom stereocenters. The van der Waals surface area contributed by atoms with Gasteiger partial charge in [0.1, 0.15) is 0 Å². The number of hydrogen-bond acceptors (Lipinski definition) is 2. The summed E-state index contributed by atoms with van der Waals surface area (Å²) < 4.78 is 2.18. The minimum atomic E-state index is 0.222. The van der Waals surface area contributed by atoms with Crippen molar-refractivity contribution in [1.29, 1.82) is 0 Å². The maximum absolute atomic E-state index is 9.01. The number of nitrogens with two attached hydrogens (primary N) is 1. The first-order chi connectivity index (χ1) is 7.20. The van der Waals surface area contributed by atoms with E-state index in [0.717, 1.165) is 19.4 Å². The average molecular weight is 208 g/mol. The predicted octanol–water partition coefficient (Wildman–Crippen LogP) is 1.45. The Morgan fingerprint density at radius 1 is 1.60 bits per heavy atom. The van der Waals surface area contributed by atoms with Gasteiger partial charge in [-0.3, -0.25) is 0 Å². The fraction of sp³-hybridized carbons (Fsp3) is 0.667. The van der Waals surface area contributed by atoms with E-state index in [0.29, 0.717) is 5.92 Å². The van der Waals surface area contributed by atoms with Crippen LogP contribution in [-0.4, -0.2) is 16.3 Å². The zero-order chi connectivity index (χ0) is 10.8. The van der Waals surface area contributed by atoms with Gasteiger partial charge in [-0.15, -0.1) is 0 Å². The summed E-state index contributed by atoms with van der Waals surface area (Å²) >= 11 is 0. The van der Waals surface area contributed by atoms with Crippen molar-refractivity contribution in [1.82, 2.24) is 4.57 Å². The summed E-state index contributed by atoms with van der Waals surface area (Å²) in [5, 5.41) is 9.01. The van der Waals surface area contributed by atoms with E-state index in [4.69, 9.17) is 10.8 Å². The van der Waals surface area contributed by atoms with Gasteiger partial charge < -0.3 is 15.4 Å². The minimum Gasteiger partial charge on any atom is -0.396 e. The highest BCUT2D eigenvalue weighted by atomic mass is 16.3. The van der Waals surface area contributed by atoms with Gasteiger partial charge in [-0.2, -0.15) is 0 Å². The van der Waals surface area contributed by atoms with Crippen LogP contribution in [0.3, 0.4) is 0 Å². The van der Waals surface area contributed by atoms with Crippen molar-refractivity contribution in [3.8, 4) is 0 Å². The first-order valence-corrected chi connectivity index (χ1v) is 5.75. The molecule has 3 heteroatoms. The summed E-state index contributed by atoms with van der Waals surface area (Å²) in [6.07, 6.45) is 7.82. The number of aliphatic hydroxyl groups excluding tert-OH is 1. The monoisotopic (exact) mass is 208 g/mol. The van der Waals surface area contributed by atoms with Crippen molar-refractivity contribution < 1.29 is 5.11 Å². The lowest BCUT2D eigenvalue weighted by Gasteiger charge is -2.17. The third kappa shape index (κ3) is 2.24.